The number of hydrogen-bond acceptors (Lipinski definition) is 5. The summed E-state index contributed by atoms with van der Waals surface area (Å²) in [5, 5.41) is 0.394. The summed E-state index contributed by atoms with van der Waals surface area (Å²) < 4.78 is 15.5. The van der Waals surface area contributed by atoms with E-state index in [0.29, 0.717) is 27.8 Å². The molecule has 0 aliphatic heterocycles. The zero-order valence-electron chi connectivity index (χ0n) is 9.37. The highest BCUT2D eigenvalue weighted by molar-refractivity contribution is 6.33. The van der Waals surface area contributed by atoms with Crippen molar-refractivity contribution < 1.29 is 19.0 Å². The molecule has 0 atom stereocenters. The summed E-state index contributed by atoms with van der Waals surface area (Å²) in [5.74, 6) is 6.51. The van der Waals surface area contributed by atoms with Crippen molar-refractivity contribution in [3.8, 4) is 17.2 Å². The van der Waals surface area contributed by atoms with Crippen molar-refractivity contribution in [2.45, 2.75) is 6.61 Å². The number of nitrogens with two attached hydrogens (primary N) is 1. The van der Waals surface area contributed by atoms with Gasteiger partial charge in [0, 0.05) is 11.6 Å². The van der Waals surface area contributed by atoms with Crippen LogP contribution in [0, 0.1) is 0 Å². The van der Waals surface area contributed by atoms with Crippen LogP contribution in [0.15, 0.2) is 6.07 Å². The Morgan fingerprint density at radius 3 is 2.19 bits per heavy atom. The Morgan fingerprint density at radius 2 is 1.75 bits per heavy atom. The molecule has 0 unspecified atom stereocenters. The number of ether oxygens (including phenoxy) is 3. The molecule has 0 bridgehead atoms. The maximum absolute atomic E-state index is 6.10. The molecule has 1 aromatic carbocycles. The Morgan fingerprint density at radius 1 is 1.12 bits per heavy atom. The molecule has 1 rings (SSSR count). The van der Waals surface area contributed by atoms with Crippen LogP contribution in [0.4, 0.5) is 0 Å². The van der Waals surface area contributed by atoms with E-state index < -0.39 is 0 Å². The highest BCUT2D eigenvalue weighted by Gasteiger charge is 2.18. The van der Waals surface area contributed by atoms with Crippen molar-refractivity contribution in [2.24, 2.45) is 5.90 Å². The Kier molecular flexibility index (Phi) is 4.67. The van der Waals surface area contributed by atoms with Gasteiger partial charge in [0.25, 0.3) is 0 Å². The molecule has 0 aliphatic carbocycles. The van der Waals surface area contributed by atoms with Crippen LogP contribution in [0.1, 0.15) is 5.56 Å². The van der Waals surface area contributed by atoms with Gasteiger partial charge in [0.1, 0.15) is 5.75 Å². The van der Waals surface area contributed by atoms with E-state index in [9.17, 15) is 0 Å². The van der Waals surface area contributed by atoms with Crippen LogP contribution >= 0.6 is 11.6 Å². The second-order valence-electron chi connectivity index (χ2n) is 2.92. The maximum Gasteiger partial charge on any atom is 0.168 e. The number of rotatable bonds is 5. The summed E-state index contributed by atoms with van der Waals surface area (Å²) in [7, 11) is 4.55. The highest BCUT2D eigenvalue weighted by Crippen LogP contribution is 2.42. The summed E-state index contributed by atoms with van der Waals surface area (Å²) >= 11 is 6.10. The van der Waals surface area contributed by atoms with Gasteiger partial charge in [0.2, 0.25) is 0 Å². The van der Waals surface area contributed by atoms with Gasteiger partial charge < -0.3 is 14.2 Å². The first-order valence-corrected chi connectivity index (χ1v) is 4.86. The summed E-state index contributed by atoms with van der Waals surface area (Å²) in [6, 6.07) is 1.64. The van der Waals surface area contributed by atoms with Gasteiger partial charge in [-0.15, -0.1) is 0 Å². The van der Waals surface area contributed by atoms with Gasteiger partial charge in [0.15, 0.2) is 11.5 Å². The van der Waals surface area contributed by atoms with Gasteiger partial charge in [-0.3, -0.25) is 4.84 Å². The van der Waals surface area contributed by atoms with E-state index in [1.54, 1.807) is 6.07 Å². The third-order valence-corrected chi connectivity index (χ3v) is 2.53. The van der Waals surface area contributed by atoms with Crippen LogP contribution in [-0.4, -0.2) is 21.3 Å². The number of halogens is 1. The first-order chi connectivity index (χ1) is 7.69. The lowest BCUT2D eigenvalue weighted by atomic mass is 10.1. The van der Waals surface area contributed by atoms with Crippen molar-refractivity contribution in [1.82, 2.24) is 0 Å². The minimum absolute atomic E-state index is 0.107. The molecule has 16 heavy (non-hydrogen) atoms. The molecule has 0 saturated heterocycles. The molecule has 5 nitrogen and oxygen atoms in total. The molecule has 0 amide bonds. The summed E-state index contributed by atoms with van der Waals surface area (Å²) in [4.78, 5) is 4.57. The van der Waals surface area contributed by atoms with Crippen LogP contribution in [0.3, 0.4) is 0 Å². The predicted molar refractivity (Wildman–Crippen MR) is 60.1 cm³/mol. The lowest BCUT2D eigenvalue weighted by Gasteiger charge is -2.16. The fourth-order valence-electron chi connectivity index (χ4n) is 1.38. The van der Waals surface area contributed by atoms with E-state index in [1.165, 1.54) is 21.3 Å². The lowest BCUT2D eigenvalue weighted by molar-refractivity contribution is 0.121. The molecule has 0 aliphatic rings. The molecular formula is C10H14ClNO4. The van der Waals surface area contributed by atoms with Crippen LogP contribution in [0.25, 0.3) is 0 Å². The van der Waals surface area contributed by atoms with Crippen LogP contribution in [0.2, 0.25) is 5.02 Å². The van der Waals surface area contributed by atoms with Gasteiger partial charge >= 0.3 is 0 Å². The van der Waals surface area contributed by atoms with Crippen molar-refractivity contribution >= 4 is 11.6 Å². The standard InChI is InChI=1S/C10H14ClNO4/c1-13-7-4-8(14-2)10(15-3)6(5-16-12)9(7)11/h4H,5,12H2,1-3H3. The van der Waals surface area contributed by atoms with E-state index in [1.807, 2.05) is 0 Å². The molecule has 0 aromatic heterocycles. The fourth-order valence-corrected chi connectivity index (χ4v) is 1.65. The summed E-state index contributed by atoms with van der Waals surface area (Å²) in [6.07, 6.45) is 0. The first kappa shape index (κ1) is 12.9. The van der Waals surface area contributed by atoms with Gasteiger partial charge in [0.05, 0.1) is 33.0 Å². The van der Waals surface area contributed by atoms with Crippen molar-refractivity contribution in [1.29, 1.82) is 0 Å². The van der Waals surface area contributed by atoms with Gasteiger partial charge in [-0.2, -0.15) is 0 Å². The molecule has 6 heteroatoms. The minimum Gasteiger partial charge on any atom is -0.495 e. The Hall–Kier alpha value is -1.17. The van der Waals surface area contributed by atoms with Crippen LogP contribution in [0.5, 0.6) is 17.2 Å². The third-order valence-electron chi connectivity index (χ3n) is 2.11. The average molecular weight is 248 g/mol. The number of hydrogen-bond donors (Lipinski definition) is 1. The Labute approximate surface area is 98.9 Å². The monoisotopic (exact) mass is 247 g/mol. The van der Waals surface area contributed by atoms with Crippen LogP contribution in [-0.2, 0) is 11.4 Å². The van der Waals surface area contributed by atoms with E-state index in [4.69, 9.17) is 31.7 Å². The molecular weight excluding hydrogens is 234 g/mol. The zero-order chi connectivity index (χ0) is 12.1. The molecule has 0 spiro atoms. The lowest BCUT2D eigenvalue weighted by Crippen LogP contribution is -2.04. The molecule has 0 heterocycles. The molecule has 2 N–H and O–H groups in total. The normalized spacial score (nSPS) is 10.1. The van der Waals surface area contributed by atoms with Gasteiger partial charge in [-0.25, -0.2) is 5.90 Å². The van der Waals surface area contributed by atoms with E-state index in [-0.39, 0.29) is 6.61 Å². The quantitative estimate of drug-likeness (QED) is 0.804. The number of methoxy groups -OCH3 is 3. The molecule has 0 radical (unpaired) electrons. The SMILES string of the molecule is COc1cc(OC)c(OC)c(CON)c1Cl. The molecule has 90 valence electrons. The molecule has 1 aromatic rings. The van der Waals surface area contributed by atoms with Gasteiger partial charge in [-0.05, 0) is 0 Å². The van der Waals surface area contributed by atoms with Crippen molar-refractivity contribution in [3.63, 3.8) is 0 Å². The topological polar surface area (TPSA) is 62.9 Å². The van der Waals surface area contributed by atoms with Crippen LogP contribution < -0.4 is 20.1 Å². The maximum atomic E-state index is 6.10. The van der Waals surface area contributed by atoms with E-state index in [2.05, 4.69) is 4.84 Å². The summed E-state index contributed by atoms with van der Waals surface area (Å²) in [6.45, 7) is 0.107. The Balaban J connectivity index is 3.38. The fraction of sp³-hybridized carbons (Fsp3) is 0.400. The predicted octanol–water partition coefficient (Wildman–Crippen LogP) is 1.76. The smallest absolute Gasteiger partial charge is 0.168 e. The van der Waals surface area contributed by atoms with Gasteiger partial charge in [-0.1, -0.05) is 11.6 Å². The average Bonchev–Trinajstić information content (AvgIpc) is 2.31. The molecule has 0 saturated carbocycles. The van der Waals surface area contributed by atoms with Crippen molar-refractivity contribution in [2.75, 3.05) is 21.3 Å². The zero-order valence-corrected chi connectivity index (χ0v) is 10.1. The van der Waals surface area contributed by atoms with Crippen molar-refractivity contribution in [3.05, 3.63) is 16.7 Å². The Bertz CT molecular complexity index is 370. The van der Waals surface area contributed by atoms with E-state index in [0.717, 1.165) is 0 Å². The van der Waals surface area contributed by atoms with E-state index >= 15 is 0 Å². The number of benzene rings is 1. The largest absolute Gasteiger partial charge is 0.495 e. The third kappa shape index (κ3) is 2.32. The first-order valence-electron chi connectivity index (χ1n) is 4.48. The highest BCUT2D eigenvalue weighted by atomic mass is 35.5. The molecule has 0 fully saturated rings. The summed E-state index contributed by atoms with van der Waals surface area (Å²) in [5.41, 5.74) is 0.586. The minimum atomic E-state index is 0.107. The second-order valence-corrected chi connectivity index (χ2v) is 3.30. The second kappa shape index (κ2) is 5.79.